The van der Waals surface area contributed by atoms with Gasteiger partial charge in [-0.3, -0.25) is 9.69 Å². The molecule has 1 aromatic heterocycles. The zero-order valence-electron chi connectivity index (χ0n) is 14.7. The molecule has 1 aromatic carbocycles. The second-order valence-corrected chi connectivity index (χ2v) is 7.84. The highest BCUT2D eigenvalue weighted by atomic mass is 35.5. The van der Waals surface area contributed by atoms with E-state index in [9.17, 15) is 9.18 Å². The first kappa shape index (κ1) is 17.0. The van der Waals surface area contributed by atoms with Gasteiger partial charge in [-0.2, -0.15) is 0 Å². The third kappa shape index (κ3) is 3.17. The molecule has 1 aliphatic carbocycles. The van der Waals surface area contributed by atoms with Crippen LogP contribution in [0.5, 0.6) is 5.75 Å². The summed E-state index contributed by atoms with van der Waals surface area (Å²) in [6, 6.07) is 4.37. The van der Waals surface area contributed by atoms with Gasteiger partial charge in [0.05, 0.1) is 16.3 Å². The third-order valence-electron chi connectivity index (χ3n) is 5.43. The Morgan fingerprint density at radius 1 is 1.37 bits per heavy atom. The first-order valence-electron chi connectivity index (χ1n) is 9.23. The van der Waals surface area contributed by atoms with E-state index < -0.39 is 0 Å². The number of rotatable bonds is 3. The van der Waals surface area contributed by atoms with Crippen molar-refractivity contribution >= 4 is 16.6 Å². The van der Waals surface area contributed by atoms with Crippen LogP contribution in [0.3, 0.4) is 0 Å². The number of benzene rings is 1. The highest BCUT2D eigenvalue weighted by Crippen LogP contribution is 2.38. The monoisotopic (exact) mass is 387 g/mol. The van der Waals surface area contributed by atoms with Crippen molar-refractivity contribution in [3.05, 3.63) is 62.6 Å². The largest absolute Gasteiger partial charge is 0.488 e. The summed E-state index contributed by atoms with van der Waals surface area (Å²) in [4.78, 5) is 22.3. The van der Waals surface area contributed by atoms with Gasteiger partial charge < -0.3 is 9.72 Å². The maximum Gasteiger partial charge on any atom is 0.255 e. The van der Waals surface area contributed by atoms with Crippen LogP contribution in [0.2, 0.25) is 0 Å². The van der Waals surface area contributed by atoms with E-state index in [4.69, 9.17) is 16.3 Å². The maximum atomic E-state index is 13.6. The summed E-state index contributed by atoms with van der Waals surface area (Å²) in [6.07, 6.45) is 2.97. The summed E-state index contributed by atoms with van der Waals surface area (Å²) in [5.74, 6) is 1.54. The molecule has 5 rings (SSSR count). The first-order chi connectivity index (χ1) is 13.1. The Balaban J connectivity index is 1.38. The predicted octanol–water partition coefficient (Wildman–Crippen LogP) is 3.19. The number of fused-ring (bicyclic) bond motifs is 2. The Morgan fingerprint density at radius 3 is 3.04 bits per heavy atom. The fourth-order valence-electron chi connectivity index (χ4n) is 3.79. The molecule has 0 bridgehead atoms. The molecule has 0 unspecified atom stereocenters. The lowest BCUT2D eigenvalue weighted by Crippen LogP contribution is -2.38. The fourth-order valence-corrected chi connectivity index (χ4v) is 4.05. The van der Waals surface area contributed by atoms with Gasteiger partial charge >= 0.3 is 0 Å². The van der Waals surface area contributed by atoms with Gasteiger partial charge in [-0.15, -0.1) is 0 Å². The van der Waals surface area contributed by atoms with E-state index in [1.807, 2.05) is 0 Å². The number of aromatic amines is 1. The number of halogens is 2. The van der Waals surface area contributed by atoms with Crippen LogP contribution in [0.15, 0.2) is 28.6 Å². The first-order valence-corrected chi connectivity index (χ1v) is 9.61. The van der Waals surface area contributed by atoms with Crippen LogP contribution in [0, 0.1) is 5.82 Å². The molecule has 5 nitrogen and oxygen atoms in total. The maximum absolute atomic E-state index is 13.6. The van der Waals surface area contributed by atoms with E-state index in [-0.39, 0.29) is 11.4 Å². The lowest BCUT2D eigenvalue weighted by molar-refractivity contribution is 0.253. The number of ether oxygens (including phenoxy) is 1. The van der Waals surface area contributed by atoms with Crippen molar-refractivity contribution in [2.45, 2.75) is 31.7 Å². The Kier molecular flexibility index (Phi) is 4.06. The number of nitrogens with zero attached hydrogens (tertiary/aromatic N) is 2. The Hall–Kier alpha value is -2.18. The topological polar surface area (TPSA) is 58.2 Å². The van der Waals surface area contributed by atoms with Crippen LogP contribution in [0.4, 0.5) is 4.39 Å². The van der Waals surface area contributed by atoms with Crippen molar-refractivity contribution < 1.29 is 9.13 Å². The van der Waals surface area contributed by atoms with Crippen LogP contribution in [0.25, 0.3) is 5.03 Å². The molecule has 0 radical (unpaired) electrons. The average Bonchev–Trinajstić information content (AvgIpc) is 3.50. The number of hydrogen-bond donors (Lipinski definition) is 1. The smallest absolute Gasteiger partial charge is 0.255 e. The van der Waals surface area contributed by atoms with Crippen molar-refractivity contribution in [2.75, 3.05) is 19.7 Å². The van der Waals surface area contributed by atoms with Crippen molar-refractivity contribution in [3.8, 4) is 5.75 Å². The number of nitrogens with one attached hydrogen (secondary N) is 1. The van der Waals surface area contributed by atoms with Crippen LogP contribution >= 0.6 is 11.6 Å². The highest BCUT2D eigenvalue weighted by molar-refractivity contribution is 6.49. The molecule has 0 amide bonds. The summed E-state index contributed by atoms with van der Waals surface area (Å²) < 4.78 is 19.3. The summed E-state index contributed by atoms with van der Waals surface area (Å²) in [6.45, 7) is 2.29. The van der Waals surface area contributed by atoms with Gasteiger partial charge in [0.1, 0.15) is 24.0 Å². The zero-order valence-corrected chi connectivity index (χ0v) is 15.5. The molecular weight excluding hydrogens is 369 g/mol. The van der Waals surface area contributed by atoms with Gasteiger partial charge in [0.2, 0.25) is 0 Å². The van der Waals surface area contributed by atoms with Crippen LogP contribution in [0.1, 0.15) is 41.4 Å². The molecule has 1 saturated carbocycles. The third-order valence-corrected chi connectivity index (χ3v) is 5.91. The minimum Gasteiger partial charge on any atom is -0.488 e. The minimum atomic E-state index is -0.340. The lowest BCUT2D eigenvalue weighted by atomic mass is 10.0. The highest BCUT2D eigenvalue weighted by Gasteiger charge is 2.30. The molecule has 0 atom stereocenters. The Bertz CT molecular complexity index is 1010. The van der Waals surface area contributed by atoms with Gasteiger partial charge in [0.25, 0.3) is 5.56 Å². The molecule has 27 heavy (non-hydrogen) atoms. The molecular formula is C20H19ClFN3O2. The van der Waals surface area contributed by atoms with E-state index >= 15 is 0 Å². The summed E-state index contributed by atoms with van der Waals surface area (Å²) in [5, 5.41) is 0.540. The number of hydrogen-bond acceptors (Lipinski definition) is 4. The van der Waals surface area contributed by atoms with Crippen LogP contribution < -0.4 is 10.3 Å². The second-order valence-electron chi connectivity index (χ2n) is 7.46. The fraction of sp³-hybridized carbons (Fsp3) is 0.400. The SMILES string of the molecule is O=c1[nH]c(C2CC2)nc2c1CN(CC1=C(Cl)c3cc(F)ccc3OC1)CC2. The standard InChI is InChI=1S/C20H19ClFN3O2/c21-18-12(10-27-17-4-3-13(22)7-14(17)18)8-25-6-5-16-15(9-25)20(26)24-19(23-16)11-1-2-11/h3-4,7,11H,1-2,5-6,8-10H2,(H,23,24,26). The average molecular weight is 388 g/mol. The van der Waals surface area contributed by atoms with Crippen molar-refractivity contribution in [1.29, 1.82) is 0 Å². The molecule has 2 aliphatic heterocycles. The van der Waals surface area contributed by atoms with Crippen LogP contribution in [-0.4, -0.2) is 34.6 Å². The zero-order chi connectivity index (χ0) is 18.5. The minimum absolute atomic E-state index is 0.0287. The van der Waals surface area contributed by atoms with E-state index in [0.717, 1.165) is 48.5 Å². The Labute approximate surface area is 160 Å². The molecule has 2 aromatic rings. The van der Waals surface area contributed by atoms with Gasteiger partial charge in [0, 0.05) is 43.1 Å². The van der Waals surface area contributed by atoms with Gasteiger partial charge in [-0.05, 0) is 31.0 Å². The second kappa shape index (κ2) is 6.46. The molecule has 1 N–H and O–H groups in total. The summed E-state index contributed by atoms with van der Waals surface area (Å²) in [7, 11) is 0. The summed E-state index contributed by atoms with van der Waals surface area (Å²) >= 11 is 6.52. The molecule has 7 heteroatoms. The molecule has 0 spiro atoms. The normalized spacial score (nSPS) is 19.5. The van der Waals surface area contributed by atoms with Gasteiger partial charge in [-0.25, -0.2) is 9.37 Å². The lowest BCUT2D eigenvalue weighted by Gasteiger charge is -2.30. The van der Waals surface area contributed by atoms with E-state index in [2.05, 4.69) is 14.9 Å². The molecule has 3 aliphatic rings. The van der Waals surface area contributed by atoms with Crippen molar-refractivity contribution in [1.82, 2.24) is 14.9 Å². The molecule has 140 valence electrons. The Morgan fingerprint density at radius 2 is 2.22 bits per heavy atom. The quantitative estimate of drug-likeness (QED) is 0.878. The summed E-state index contributed by atoms with van der Waals surface area (Å²) in [5.41, 5.74) is 3.12. The van der Waals surface area contributed by atoms with E-state index in [1.165, 1.54) is 12.1 Å². The van der Waals surface area contributed by atoms with E-state index in [0.29, 0.717) is 42.0 Å². The van der Waals surface area contributed by atoms with Crippen molar-refractivity contribution in [2.24, 2.45) is 0 Å². The number of aromatic nitrogens is 2. The molecule has 3 heterocycles. The number of H-pyrrole nitrogens is 1. The molecule has 1 fully saturated rings. The van der Waals surface area contributed by atoms with Crippen LogP contribution in [-0.2, 0) is 13.0 Å². The predicted molar refractivity (Wildman–Crippen MR) is 100 cm³/mol. The van der Waals surface area contributed by atoms with Crippen molar-refractivity contribution in [3.63, 3.8) is 0 Å². The van der Waals surface area contributed by atoms with E-state index in [1.54, 1.807) is 6.07 Å². The van der Waals surface area contributed by atoms with Gasteiger partial charge in [0.15, 0.2) is 0 Å². The van der Waals surface area contributed by atoms with Gasteiger partial charge in [-0.1, -0.05) is 11.6 Å². The molecule has 0 saturated heterocycles.